The van der Waals surface area contributed by atoms with Crippen LogP contribution in [0.15, 0.2) is 0 Å². The second-order valence-electron chi connectivity index (χ2n) is 7.43. The Morgan fingerprint density at radius 2 is 0.719 bits per heavy atom. The molecule has 0 N–H and O–H groups in total. The van der Waals surface area contributed by atoms with Crippen molar-refractivity contribution in [1.82, 2.24) is 0 Å². The third-order valence-electron chi connectivity index (χ3n) is 5.17. The summed E-state index contributed by atoms with van der Waals surface area (Å²) >= 11 is 7.28. The molecule has 0 aromatic heterocycles. The molecule has 0 radical (unpaired) electrons. The summed E-state index contributed by atoms with van der Waals surface area (Å²) in [6, 6.07) is 0. The van der Waals surface area contributed by atoms with Gasteiger partial charge in [-0.2, -0.15) is 51.8 Å². The first-order chi connectivity index (χ1) is 13.5. The van der Waals surface area contributed by atoms with Gasteiger partial charge in [0.1, 0.15) is 0 Å². The van der Waals surface area contributed by atoms with Crippen LogP contribution >= 0.6 is 5.69 Å². The molecule has 0 spiro atoms. The number of hydrogen-bond donors (Lipinski definition) is 0. The molecule has 0 aliphatic heterocycles. The van der Waals surface area contributed by atoms with Crippen LogP contribution < -0.4 is 9.79 Å². The minimum absolute atomic E-state index is 0. The predicted octanol–water partition coefficient (Wildman–Crippen LogP) is 7.58. The maximum Gasteiger partial charge on any atom is 2.00 e. The van der Waals surface area contributed by atoms with Gasteiger partial charge >= 0.3 is 58.4 Å². The smallest absolute Gasteiger partial charge is 0.850 e. The summed E-state index contributed by atoms with van der Waals surface area (Å²) in [5.41, 5.74) is -3.72. The maximum absolute atomic E-state index is 9.29. The van der Waals surface area contributed by atoms with Gasteiger partial charge < -0.3 is 47.0 Å². The minimum atomic E-state index is -3.72. The summed E-state index contributed by atoms with van der Waals surface area (Å²) in [5, 5.41) is 0. The van der Waals surface area contributed by atoms with E-state index in [2.05, 4.69) is 106 Å². The number of hydrogen-bond acceptors (Lipinski definition) is 4. The average molecular weight is 663 g/mol. The van der Waals surface area contributed by atoms with Gasteiger partial charge in [0.25, 0.3) is 0 Å². The van der Waals surface area contributed by atoms with Gasteiger partial charge in [-0.3, -0.25) is 0 Å². The van der Waals surface area contributed by atoms with Crippen LogP contribution in [0, 0.1) is 37.0 Å². The molecule has 0 rings (SSSR count). The van der Waals surface area contributed by atoms with Crippen LogP contribution in [0.2, 0.25) is 0 Å². The predicted molar refractivity (Wildman–Crippen MR) is 138 cm³/mol. The average Bonchev–Trinajstić information content (AvgIpc) is 2.68. The van der Waals surface area contributed by atoms with E-state index in [1.54, 1.807) is 0 Å². The first-order valence-electron chi connectivity index (χ1n) is 11.6. The third kappa shape index (κ3) is 58.6. The molecule has 32 heavy (non-hydrogen) atoms. The van der Waals surface area contributed by atoms with E-state index in [4.69, 9.17) is 0 Å². The summed E-state index contributed by atoms with van der Waals surface area (Å²) in [6.45, 7) is 20.0. The largest absolute Gasteiger partial charge is 2.00 e. The van der Waals surface area contributed by atoms with E-state index in [9.17, 15) is 9.79 Å². The van der Waals surface area contributed by atoms with E-state index in [-0.39, 0.29) is 58.4 Å². The molecule has 0 aromatic carbocycles. The molecular weight excluding hydrogens is 612 g/mol. The van der Waals surface area contributed by atoms with E-state index < -0.39 is 5.69 Å². The maximum atomic E-state index is 9.29. The molecule has 0 heterocycles. The van der Waals surface area contributed by atoms with Crippen LogP contribution in [0.5, 0.6) is 0 Å². The van der Waals surface area contributed by atoms with Crippen molar-refractivity contribution in [2.45, 2.75) is 120 Å². The molecule has 0 atom stereocenters. The second-order valence-corrected chi connectivity index (χ2v) is 11.9. The Morgan fingerprint density at radius 1 is 0.594 bits per heavy atom. The normalized spacial score (nSPS) is 9.72. The molecule has 0 unspecified atom stereocenters. The first-order valence-corrected chi connectivity index (χ1v) is 15.3. The standard InChI is InChI=1S/3C8H17.H3O2PS2.3Zn/c3*1-4-7-8(5-2)6-3;1-3(2,4)5;;;/h3*4,8H,5-7H2,1-3H3;(H3,1,2,4,5);;;/q3*-1;;3*+2/p-3. The van der Waals surface area contributed by atoms with Crippen LogP contribution in [-0.4, -0.2) is 0 Å². The van der Waals surface area contributed by atoms with E-state index in [1.165, 1.54) is 57.8 Å². The Hall–Kier alpha value is 2.79. The molecule has 0 bridgehead atoms. The van der Waals surface area contributed by atoms with Gasteiger partial charge in [-0.15, -0.1) is 0 Å². The van der Waals surface area contributed by atoms with Gasteiger partial charge in [-0.05, 0) is 0 Å². The zero-order chi connectivity index (χ0) is 23.7. The van der Waals surface area contributed by atoms with Gasteiger partial charge in [0.15, 0.2) is 0 Å². The molecule has 182 valence electrons. The monoisotopic (exact) mass is 658 g/mol. The van der Waals surface area contributed by atoms with Gasteiger partial charge in [0.2, 0.25) is 0 Å². The molecule has 0 amide bonds. The van der Waals surface area contributed by atoms with E-state index in [0.29, 0.717) is 0 Å². The molecule has 0 aliphatic rings. The van der Waals surface area contributed by atoms with Crippen LogP contribution in [0.4, 0.5) is 0 Å². The quantitative estimate of drug-likeness (QED) is 0.0936. The Labute approximate surface area is 253 Å². The molecule has 0 aliphatic carbocycles. The van der Waals surface area contributed by atoms with Crippen molar-refractivity contribution in [3.8, 4) is 0 Å². The van der Waals surface area contributed by atoms with Gasteiger partial charge in [-0.25, -0.2) is 0 Å². The Bertz CT molecular complexity index is 283. The Balaban J connectivity index is -0.0000000512. The second kappa shape index (κ2) is 40.9. The van der Waals surface area contributed by atoms with Gasteiger partial charge in [-0.1, -0.05) is 97.8 Å². The van der Waals surface area contributed by atoms with Gasteiger partial charge in [0.05, 0.1) is 0 Å². The molecule has 8 heteroatoms. The summed E-state index contributed by atoms with van der Waals surface area (Å²) in [4.78, 5) is 18.6. The molecule has 0 saturated carbocycles. The van der Waals surface area contributed by atoms with E-state index >= 15 is 0 Å². The first kappa shape index (κ1) is 51.4. The molecule has 0 saturated heterocycles. The van der Waals surface area contributed by atoms with Crippen molar-refractivity contribution < 1.29 is 68.2 Å². The topological polar surface area (TPSA) is 46.1 Å². The molecule has 2 nitrogen and oxygen atoms in total. The van der Waals surface area contributed by atoms with Gasteiger partial charge in [0, 0.05) is 0 Å². The summed E-state index contributed by atoms with van der Waals surface area (Å²) in [7, 11) is 0. The summed E-state index contributed by atoms with van der Waals surface area (Å²) < 4.78 is 0. The third-order valence-corrected chi connectivity index (χ3v) is 5.17. The Morgan fingerprint density at radius 3 is 0.750 bits per heavy atom. The summed E-state index contributed by atoms with van der Waals surface area (Å²) in [6.07, 6.45) is 18.7. The van der Waals surface area contributed by atoms with Crippen molar-refractivity contribution in [2.75, 3.05) is 0 Å². The Kier molecular flexibility index (Phi) is 65.8. The molecular formula is C24H51O2PS2Zn3. The molecule has 0 aromatic rings. The van der Waals surface area contributed by atoms with Crippen molar-refractivity contribution in [3.63, 3.8) is 0 Å². The fourth-order valence-corrected chi connectivity index (χ4v) is 2.87. The number of rotatable bonds is 12. The molecule has 0 fully saturated rings. The van der Waals surface area contributed by atoms with E-state index in [1.807, 2.05) is 0 Å². The minimum Gasteiger partial charge on any atom is -0.850 e. The van der Waals surface area contributed by atoms with Crippen LogP contribution in [0.25, 0.3) is 0 Å². The zero-order valence-electron chi connectivity index (χ0n) is 23.0. The van der Waals surface area contributed by atoms with Crippen LogP contribution in [0.1, 0.15) is 120 Å². The van der Waals surface area contributed by atoms with Crippen molar-refractivity contribution in [3.05, 3.63) is 19.3 Å². The summed E-state index contributed by atoms with van der Waals surface area (Å²) in [5.74, 6) is 2.83. The van der Waals surface area contributed by atoms with Crippen molar-refractivity contribution in [2.24, 2.45) is 17.8 Å². The SMILES string of the molecule is C[CH-]CC(CC)CC.C[CH-]CC(CC)CC.C[CH-]CC(CC)CC.[O-]P([O-])(=S)[S-].[Zn+2].[Zn+2].[Zn+2]. The fraction of sp³-hybridized carbons (Fsp3) is 0.875. The zero-order valence-corrected chi connectivity index (χ0v) is 34.5. The van der Waals surface area contributed by atoms with Crippen molar-refractivity contribution >= 4 is 29.7 Å². The fourth-order valence-electron chi connectivity index (χ4n) is 2.87. The van der Waals surface area contributed by atoms with E-state index in [0.717, 1.165) is 17.8 Å². The van der Waals surface area contributed by atoms with Crippen molar-refractivity contribution in [1.29, 1.82) is 0 Å². The van der Waals surface area contributed by atoms with Crippen LogP contribution in [-0.2, 0) is 82.5 Å². The van der Waals surface area contributed by atoms with Crippen LogP contribution in [0.3, 0.4) is 0 Å².